The van der Waals surface area contributed by atoms with Crippen molar-refractivity contribution < 1.29 is 9.90 Å². The van der Waals surface area contributed by atoms with E-state index in [2.05, 4.69) is 23.2 Å². The number of fused-ring (bicyclic) bond motifs is 1. The van der Waals surface area contributed by atoms with Gasteiger partial charge in [0.05, 0.1) is 22.3 Å². The van der Waals surface area contributed by atoms with E-state index >= 15 is 0 Å². The Kier molecular flexibility index (Phi) is 2.79. The fraction of sp³-hybridized carbons (Fsp3) is 0.125. The first-order valence-electron chi connectivity index (χ1n) is 6.34. The number of carboxylic acids is 1. The monoisotopic (exact) mass is 266 g/mol. The fourth-order valence-electron chi connectivity index (χ4n) is 2.31. The van der Waals surface area contributed by atoms with Gasteiger partial charge in [0.2, 0.25) is 0 Å². The standard InChI is InChI=1S/C16H14N2O2/c1-10-3-4-11(2)14(7-10)18-9-17-13-6-5-12(16(19)20)8-15(13)18/h3-9H,1-2H3,(H,19,20). The topological polar surface area (TPSA) is 55.1 Å². The second-order valence-electron chi connectivity index (χ2n) is 4.91. The molecule has 0 atom stereocenters. The lowest BCUT2D eigenvalue weighted by atomic mass is 10.1. The first kappa shape index (κ1) is 12.4. The van der Waals surface area contributed by atoms with Crippen LogP contribution in [0.2, 0.25) is 0 Å². The molecule has 0 saturated carbocycles. The third-order valence-corrected chi connectivity index (χ3v) is 3.42. The van der Waals surface area contributed by atoms with Crippen molar-refractivity contribution >= 4 is 17.0 Å². The highest BCUT2D eigenvalue weighted by Gasteiger charge is 2.10. The molecule has 0 saturated heterocycles. The lowest BCUT2D eigenvalue weighted by Crippen LogP contribution is -1.99. The predicted octanol–water partition coefficient (Wildman–Crippen LogP) is 3.34. The lowest BCUT2D eigenvalue weighted by molar-refractivity contribution is 0.0697. The van der Waals surface area contributed by atoms with Gasteiger partial charge in [-0.15, -0.1) is 0 Å². The van der Waals surface area contributed by atoms with Gasteiger partial charge in [0.1, 0.15) is 6.33 Å². The maximum absolute atomic E-state index is 11.1. The minimum absolute atomic E-state index is 0.268. The number of aromatic carboxylic acids is 1. The van der Waals surface area contributed by atoms with Crippen LogP contribution in [0.15, 0.2) is 42.7 Å². The van der Waals surface area contributed by atoms with E-state index in [4.69, 9.17) is 5.11 Å². The highest BCUT2D eigenvalue weighted by molar-refractivity contribution is 5.92. The van der Waals surface area contributed by atoms with Crippen LogP contribution in [-0.2, 0) is 0 Å². The molecule has 0 aliphatic heterocycles. The summed E-state index contributed by atoms with van der Waals surface area (Å²) in [4.78, 5) is 15.4. The van der Waals surface area contributed by atoms with E-state index in [1.54, 1.807) is 24.5 Å². The number of benzene rings is 2. The Bertz CT molecular complexity index is 818. The molecule has 0 unspecified atom stereocenters. The van der Waals surface area contributed by atoms with Gasteiger partial charge in [-0.3, -0.25) is 4.57 Å². The van der Waals surface area contributed by atoms with Gasteiger partial charge in [0, 0.05) is 0 Å². The van der Waals surface area contributed by atoms with Crippen molar-refractivity contribution in [1.29, 1.82) is 0 Å². The van der Waals surface area contributed by atoms with Crippen molar-refractivity contribution in [2.75, 3.05) is 0 Å². The number of hydrogen-bond acceptors (Lipinski definition) is 2. The van der Waals surface area contributed by atoms with Gasteiger partial charge in [-0.2, -0.15) is 0 Å². The first-order valence-corrected chi connectivity index (χ1v) is 6.34. The van der Waals surface area contributed by atoms with Gasteiger partial charge in [0.15, 0.2) is 0 Å². The zero-order valence-corrected chi connectivity index (χ0v) is 11.3. The predicted molar refractivity (Wildman–Crippen MR) is 77.5 cm³/mol. The maximum atomic E-state index is 11.1. The Hall–Kier alpha value is -2.62. The Morgan fingerprint density at radius 2 is 1.95 bits per heavy atom. The van der Waals surface area contributed by atoms with E-state index in [1.165, 1.54) is 0 Å². The normalized spacial score (nSPS) is 10.9. The zero-order valence-electron chi connectivity index (χ0n) is 11.3. The van der Waals surface area contributed by atoms with Crippen molar-refractivity contribution in [3.63, 3.8) is 0 Å². The SMILES string of the molecule is Cc1ccc(C)c(-n2cnc3ccc(C(=O)O)cc32)c1. The van der Waals surface area contributed by atoms with Crippen LogP contribution in [0, 0.1) is 13.8 Å². The molecule has 1 aromatic heterocycles. The number of nitrogens with zero attached hydrogens (tertiary/aromatic N) is 2. The molecule has 4 heteroatoms. The van der Waals surface area contributed by atoms with Crippen LogP contribution in [0.5, 0.6) is 0 Å². The Morgan fingerprint density at radius 3 is 2.70 bits per heavy atom. The number of rotatable bonds is 2. The van der Waals surface area contributed by atoms with Crippen LogP contribution in [0.4, 0.5) is 0 Å². The van der Waals surface area contributed by atoms with Crippen LogP contribution in [-0.4, -0.2) is 20.6 Å². The molecule has 1 N–H and O–H groups in total. The summed E-state index contributed by atoms with van der Waals surface area (Å²) in [7, 11) is 0. The third-order valence-electron chi connectivity index (χ3n) is 3.42. The second kappa shape index (κ2) is 4.49. The van der Waals surface area contributed by atoms with Crippen molar-refractivity contribution in [1.82, 2.24) is 9.55 Å². The molecule has 3 aromatic rings. The molecular formula is C16H14N2O2. The second-order valence-corrected chi connectivity index (χ2v) is 4.91. The van der Waals surface area contributed by atoms with Crippen LogP contribution in [0.1, 0.15) is 21.5 Å². The Labute approximate surface area is 116 Å². The zero-order chi connectivity index (χ0) is 14.3. The largest absolute Gasteiger partial charge is 0.478 e. The summed E-state index contributed by atoms with van der Waals surface area (Å²) in [5.74, 6) is -0.930. The van der Waals surface area contributed by atoms with Gasteiger partial charge in [-0.1, -0.05) is 12.1 Å². The summed E-state index contributed by atoms with van der Waals surface area (Å²) in [6.45, 7) is 4.06. The molecule has 1 heterocycles. The third kappa shape index (κ3) is 1.95. The average molecular weight is 266 g/mol. The smallest absolute Gasteiger partial charge is 0.335 e. The average Bonchev–Trinajstić information content (AvgIpc) is 2.84. The molecule has 0 fully saturated rings. The van der Waals surface area contributed by atoms with Crippen molar-refractivity contribution in [3.8, 4) is 5.69 Å². The van der Waals surface area contributed by atoms with Gasteiger partial charge in [0.25, 0.3) is 0 Å². The summed E-state index contributed by atoms with van der Waals surface area (Å²) >= 11 is 0. The molecule has 0 spiro atoms. The van der Waals surface area contributed by atoms with Gasteiger partial charge in [-0.05, 0) is 49.2 Å². The summed E-state index contributed by atoms with van der Waals surface area (Å²) in [5, 5.41) is 9.11. The summed E-state index contributed by atoms with van der Waals surface area (Å²) < 4.78 is 1.93. The van der Waals surface area contributed by atoms with Crippen molar-refractivity contribution in [3.05, 3.63) is 59.4 Å². The molecule has 100 valence electrons. The van der Waals surface area contributed by atoms with Crippen LogP contribution in [0.25, 0.3) is 16.7 Å². The Balaban J connectivity index is 2.28. The number of carbonyl (C=O) groups is 1. The number of aromatic nitrogens is 2. The van der Waals surface area contributed by atoms with E-state index < -0.39 is 5.97 Å². The van der Waals surface area contributed by atoms with Crippen molar-refractivity contribution in [2.24, 2.45) is 0 Å². The quantitative estimate of drug-likeness (QED) is 0.774. The molecule has 2 aromatic carbocycles. The minimum atomic E-state index is -0.930. The first-order chi connectivity index (χ1) is 9.56. The van der Waals surface area contributed by atoms with E-state index in [0.29, 0.717) is 0 Å². The molecule has 20 heavy (non-hydrogen) atoms. The van der Waals surface area contributed by atoms with Gasteiger partial charge >= 0.3 is 5.97 Å². The molecular weight excluding hydrogens is 252 g/mol. The van der Waals surface area contributed by atoms with E-state index in [-0.39, 0.29) is 5.56 Å². The molecule has 0 amide bonds. The molecule has 0 aliphatic carbocycles. The fourth-order valence-corrected chi connectivity index (χ4v) is 2.31. The molecule has 0 aliphatic rings. The van der Waals surface area contributed by atoms with E-state index in [9.17, 15) is 4.79 Å². The molecule has 4 nitrogen and oxygen atoms in total. The van der Waals surface area contributed by atoms with Crippen molar-refractivity contribution in [2.45, 2.75) is 13.8 Å². The summed E-state index contributed by atoms with van der Waals surface area (Å²) in [6.07, 6.45) is 1.73. The van der Waals surface area contributed by atoms with E-state index in [1.807, 2.05) is 18.4 Å². The highest BCUT2D eigenvalue weighted by atomic mass is 16.4. The lowest BCUT2D eigenvalue weighted by Gasteiger charge is -2.09. The number of imidazole rings is 1. The molecule has 0 radical (unpaired) electrons. The van der Waals surface area contributed by atoms with Gasteiger partial charge < -0.3 is 5.11 Å². The minimum Gasteiger partial charge on any atom is -0.478 e. The van der Waals surface area contributed by atoms with Crippen LogP contribution < -0.4 is 0 Å². The summed E-state index contributed by atoms with van der Waals surface area (Å²) in [6, 6.07) is 11.2. The number of carboxylic acid groups (broad SMARTS) is 1. The van der Waals surface area contributed by atoms with Gasteiger partial charge in [-0.25, -0.2) is 9.78 Å². The highest BCUT2D eigenvalue weighted by Crippen LogP contribution is 2.22. The Morgan fingerprint density at radius 1 is 1.15 bits per heavy atom. The molecule has 3 rings (SSSR count). The van der Waals surface area contributed by atoms with E-state index in [0.717, 1.165) is 27.8 Å². The number of hydrogen-bond donors (Lipinski definition) is 1. The maximum Gasteiger partial charge on any atom is 0.335 e. The molecule has 0 bridgehead atoms. The number of aryl methyl sites for hydroxylation is 2. The van der Waals surface area contributed by atoms with Crippen LogP contribution in [0.3, 0.4) is 0 Å². The summed E-state index contributed by atoms with van der Waals surface area (Å²) in [5.41, 5.74) is 5.16. The van der Waals surface area contributed by atoms with Crippen LogP contribution >= 0.6 is 0 Å².